The van der Waals surface area contributed by atoms with Crippen LogP contribution in [0.1, 0.15) is 33.3 Å². The van der Waals surface area contributed by atoms with Crippen molar-refractivity contribution in [2.45, 2.75) is 18.2 Å². The van der Waals surface area contributed by atoms with E-state index in [-0.39, 0.29) is 17.2 Å². The number of hydrogen-bond acceptors (Lipinski definition) is 5. The molecule has 6 nitrogen and oxygen atoms in total. The van der Waals surface area contributed by atoms with Crippen molar-refractivity contribution in [3.05, 3.63) is 71.3 Å². The molecule has 2 heterocycles. The Morgan fingerprint density at radius 1 is 1.00 bits per heavy atom. The summed E-state index contributed by atoms with van der Waals surface area (Å²) in [5, 5.41) is 3.06. The maximum Gasteiger partial charge on any atom is 0.251 e. The summed E-state index contributed by atoms with van der Waals surface area (Å²) in [5.41, 5.74) is 2.98. The van der Waals surface area contributed by atoms with Crippen LogP contribution in [0.4, 0.5) is 0 Å². The number of benzene rings is 2. The zero-order valence-corrected chi connectivity index (χ0v) is 20.2. The van der Waals surface area contributed by atoms with Gasteiger partial charge in [-0.05, 0) is 49.7 Å². The third-order valence-electron chi connectivity index (χ3n) is 6.44. The molecule has 33 heavy (non-hydrogen) atoms. The summed E-state index contributed by atoms with van der Waals surface area (Å²) in [4.78, 5) is 31.8. The van der Waals surface area contributed by atoms with Gasteiger partial charge in [-0.15, -0.1) is 11.8 Å². The summed E-state index contributed by atoms with van der Waals surface area (Å²) in [7, 11) is 2.16. The Labute approximate surface area is 201 Å². The highest BCUT2D eigenvalue weighted by Crippen LogP contribution is 2.38. The Morgan fingerprint density at radius 3 is 2.45 bits per heavy atom. The van der Waals surface area contributed by atoms with Gasteiger partial charge in [-0.2, -0.15) is 0 Å². The summed E-state index contributed by atoms with van der Waals surface area (Å²) in [6.45, 7) is 6.87. The number of piperazine rings is 1. The molecule has 176 valence electrons. The monoisotopic (exact) mass is 466 g/mol. The first-order valence-electron chi connectivity index (χ1n) is 11.8. The van der Waals surface area contributed by atoms with Gasteiger partial charge in [0.1, 0.15) is 5.37 Å². The van der Waals surface area contributed by atoms with Crippen molar-refractivity contribution in [1.29, 1.82) is 0 Å². The summed E-state index contributed by atoms with van der Waals surface area (Å²) in [5.74, 6) is 0.661. The predicted octanol–water partition coefficient (Wildman–Crippen LogP) is 2.87. The number of likely N-dealkylation sites (N-methyl/N-ethyl adjacent to an activating group) is 1. The summed E-state index contributed by atoms with van der Waals surface area (Å²) < 4.78 is 0. The highest BCUT2D eigenvalue weighted by molar-refractivity contribution is 8.00. The molecule has 0 bridgehead atoms. The van der Waals surface area contributed by atoms with Crippen molar-refractivity contribution >= 4 is 23.6 Å². The molecule has 0 spiro atoms. The zero-order chi connectivity index (χ0) is 23.0. The minimum absolute atomic E-state index is 0.0157. The first kappa shape index (κ1) is 23.8. The van der Waals surface area contributed by atoms with Gasteiger partial charge in [0.15, 0.2) is 0 Å². The van der Waals surface area contributed by atoms with Crippen molar-refractivity contribution in [3.63, 3.8) is 0 Å². The van der Waals surface area contributed by atoms with E-state index >= 15 is 0 Å². The lowest BCUT2D eigenvalue weighted by molar-refractivity contribution is -0.128. The first-order chi connectivity index (χ1) is 16.1. The Bertz CT molecular complexity index is 914. The number of amides is 2. The van der Waals surface area contributed by atoms with Crippen molar-refractivity contribution in [3.8, 4) is 0 Å². The van der Waals surface area contributed by atoms with Crippen molar-refractivity contribution in [2.24, 2.45) is 0 Å². The van der Waals surface area contributed by atoms with Crippen LogP contribution in [0.15, 0.2) is 54.6 Å². The summed E-state index contributed by atoms with van der Waals surface area (Å²) in [6.07, 6.45) is 1.81. The SMILES string of the molecule is CN1CCN(CCCNC(=O)c2ccc(C3SCC(=O)N3CCc3ccccc3)cc2)CC1. The minimum atomic E-state index is -0.0315. The molecule has 2 aromatic rings. The fourth-order valence-electron chi connectivity index (χ4n) is 4.34. The van der Waals surface area contributed by atoms with Crippen LogP contribution in [-0.4, -0.2) is 85.1 Å². The van der Waals surface area contributed by atoms with Gasteiger partial charge in [0.2, 0.25) is 5.91 Å². The van der Waals surface area contributed by atoms with Crippen LogP contribution < -0.4 is 5.32 Å². The number of hydrogen-bond donors (Lipinski definition) is 1. The standard InChI is InChI=1S/C26H34N4O2S/c1-28-16-18-29(19-17-28)14-5-13-27-25(32)22-8-10-23(11-9-22)26-30(24(31)20-33-26)15-12-21-6-3-2-4-7-21/h2-4,6-11,26H,5,12-20H2,1H3,(H,27,32). The van der Waals surface area contributed by atoms with Gasteiger partial charge in [0.05, 0.1) is 5.75 Å². The third kappa shape index (κ3) is 6.59. The van der Waals surface area contributed by atoms with Gasteiger partial charge in [0, 0.05) is 44.8 Å². The molecule has 7 heteroatoms. The van der Waals surface area contributed by atoms with E-state index in [1.54, 1.807) is 11.8 Å². The lowest BCUT2D eigenvalue weighted by atomic mass is 10.1. The zero-order valence-electron chi connectivity index (χ0n) is 19.4. The number of thioether (sulfide) groups is 1. The van der Waals surface area contributed by atoms with Crippen molar-refractivity contribution in [1.82, 2.24) is 20.0 Å². The van der Waals surface area contributed by atoms with E-state index in [1.165, 1.54) is 5.56 Å². The van der Waals surface area contributed by atoms with Crippen molar-refractivity contribution in [2.75, 3.05) is 58.6 Å². The van der Waals surface area contributed by atoms with E-state index in [0.29, 0.717) is 24.4 Å². The Hall–Kier alpha value is -2.35. The highest BCUT2D eigenvalue weighted by atomic mass is 32.2. The van der Waals surface area contributed by atoms with Crippen molar-refractivity contribution < 1.29 is 9.59 Å². The average Bonchev–Trinajstić information content (AvgIpc) is 3.22. The van der Waals surface area contributed by atoms with Crippen LogP contribution in [0.5, 0.6) is 0 Å². The average molecular weight is 467 g/mol. The molecule has 2 aromatic carbocycles. The fraction of sp³-hybridized carbons (Fsp3) is 0.462. The maximum atomic E-state index is 12.5. The molecular formula is C26H34N4O2S. The van der Waals surface area contributed by atoms with Crippen LogP contribution in [0.3, 0.4) is 0 Å². The molecule has 0 saturated carbocycles. The summed E-state index contributed by atoms with van der Waals surface area (Å²) >= 11 is 1.66. The van der Waals surface area contributed by atoms with E-state index in [0.717, 1.165) is 51.1 Å². The van der Waals surface area contributed by atoms with Crippen LogP contribution in [0, 0.1) is 0 Å². The second-order valence-electron chi connectivity index (χ2n) is 8.86. The lowest BCUT2D eigenvalue weighted by Crippen LogP contribution is -2.45. The second kappa shape index (κ2) is 11.7. The van der Waals surface area contributed by atoms with Gasteiger partial charge >= 0.3 is 0 Å². The van der Waals surface area contributed by atoms with Crippen LogP contribution in [0.25, 0.3) is 0 Å². The molecule has 0 radical (unpaired) electrons. The van der Waals surface area contributed by atoms with Gasteiger partial charge in [-0.25, -0.2) is 0 Å². The molecule has 2 aliphatic heterocycles. The van der Waals surface area contributed by atoms with Crippen LogP contribution >= 0.6 is 11.8 Å². The quantitative estimate of drug-likeness (QED) is 0.576. The molecule has 2 aliphatic rings. The molecule has 1 N–H and O–H groups in total. The molecule has 2 saturated heterocycles. The molecule has 1 unspecified atom stereocenters. The third-order valence-corrected chi connectivity index (χ3v) is 7.70. The fourth-order valence-corrected chi connectivity index (χ4v) is 5.56. The molecule has 0 aliphatic carbocycles. The maximum absolute atomic E-state index is 12.5. The number of carbonyl (C=O) groups excluding carboxylic acids is 2. The second-order valence-corrected chi connectivity index (χ2v) is 9.93. The van der Waals surface area contributed by atoms with E-state index in [1.807, 2.05) is 47.4 Å². The molecule has 4 rings (SSSR count). The van der Waals surface area contributed by atoms with Crippen LogP contribution in [0.2, 0.25) is 0 Å². The topological polar surface area (TPSA) is 55.9 Å². The Kier molecular flexibility index (Phi) is 8.42. The number of nitrogens with one attached hydrogen (secondary N) is 1. The molecule has 0 aromatic heterocycles. The smallest absolute Gasteiger partial charge is 0.251 e. The first-order valence-corrected chi connectivity index (χ1v) is 12.9. The summed E-state index contributed by atoms with van der Waals surface area (Å²) in [6, 6.07) is 18.0. The highest BCUT2D eigenvalue weighted by Gasteiger charge is 2.32. The van der Waals surface area contributed by atoms with Gasteiger partial charge < -0.3 is 20.0 Å². The van der Waals surface area contributed by atoms with E-state index in [4.69, 9.17) is 0 Å². The van der Waals surface area contributed by atoms with Gasteiger partial charge in [-0.3, -0.25) is 9.59 Å². The molecule has 2 fully saturated rings. The number of nitrogens with zero attached hydrogens (tertiary/aromatic N) is 3. The van der Waals surface area contributed by atoms with E-state index < -0.39 is 0 Å². The predicted molar refractivity (Wildman–Crippen MR) is 134 cm³/mol. The largest absolute Gasteiger partial charge is 0.352 e. The van der Waals surface area contributed by atoms with E-state index in [2.05, 4.69) is 34.3 Å². The molecular weight excluding hydrogens is 432 g/mol. The van der Waals surface area contributed by atoms with Crippen LogP contribution in [-0.2, 0) is 11.2 Å². The van der Waals surface area contributed by atoms with Gasteiger partial charge in [-0.1, -0.05) is 42.5 Å². The number of carbonyl (C=O) groups is 2. The van der Waals surface area contributed by atoms with Gasteiger partial charge in [0.25, 0.3) is 5.91 Å². The Balaban J connectivity index is 1.25. The molecule has 1 atom stereocenters. The Morgan fingerprint density at radius 2 is 1.73 bits per heavy atom. The normalized spacial score (nSPS) is 19.7. The lowest BCUT2D eigenvalue weighted by Gasteiger charge is -2.32. The number of rotatable bonds is 9. The van der Waals surface area contributed by atoms with E-state index in [9.17, 15) is 9.59 Å². The minimum Gasteiger partial charge on any atom is -0.352 e. The molecule has 2 amide bonds.